The van der Waals surface area contributed by atoms with Crippen molar-refractivity contribution in [2.75, 3.05) is 26.2 Å². The molecule has 1 aliphatic carbocycles. The van der Waals surface area contributed by atoms with E-state index in [-0.39, 0.29) is 24.0 Å². The van der Waals surface area contributed by atoms with E-state index in [2.05, 4.69) is 47.5 Å². The first-order valence-corrected chi connectivity index (χ1v) is 8.51. The predicted octanol–water partition coefficient (Wildman–Crippen LogP) is 2.97. The Balaban J connectivity index is 0.00000192. The average molecular weight is 429 g/mol. The van der Waals surface area contributed by atoms with Crippen molar-refractivity contribution in [1.82, 2.24) is 10.2 Å². The molecule has 128 valence electrons. The maximum absolute atomic E-state index is 10.2. The number of halogens is 1. The van der Waals surface area contributed by atoms with Crippen LogP contribution in [0.5, 0.6) is 0 Å². The van der Waals surface area contributed by atoms with Crippen molar-refractivity contribution in [3.05, 3.63) is 35.9 Å². The van der Waals surface area contributed by atoms with Crippen LogP contribution in [0, 0.1) is 0 Å². The minimum atomic E-state index is -0.542. The average Bonchev–Trinajstić information content (AvgIpc) is 3.00. The van der Waals surface area contributed by atoms with Crippen LogP contribution in [0.1, 0.15) is 44.1 Å². The lowest BCUT2D eigenvalue weighted by Crippen LogP contribution is -2.44. The molecule has 0 aromatic heterocycles. The summed E-state index contributed by atoms with van der Waals surface area (Å²) in [5, 5.41) is 13.6. The molecule has 3 rings (SSSR count). The van der Waals surface area contributed by atoms with Crippen LogP contribution >= 0.6 is 24.0 Å². The molecule has 1 atom stereocenters. The fraction of sp³-hybridized carbons (Fsp3) is 0.611. The van der Waals surface area contributed by atoms with Crippen LogP contribution in [0.15, 0.2) is 35.3 Å². The van der Waals surface area contributed by atoms with Gasteiger partial charge in [0.2, 0.25) is 0 Å². The van der Waals surface area contributed by atoms with Crippen LogP contribution < -0.4 is 5.32 Å². The van der Waals surface area contributed by atoms with Crippen molar-refractivity contribution >= 4 is 29.9 Å². The number of hydrogen-bond acceptors (Lipinski definition) is 2. The van der Waals surface area contributed by atoms with Gasteiger partial charge in [-0.2, -0.15) is 0 Å². The van der Waals surface area contributed by atoms with E-state index in [0.717, 1.165) is 44.9 Å². The minimum absolute atomic E-state index is 0. The van der Waals surface area contributed by atoms with Gasteiger partial charge in [-0.15, -0.1) is 24.0 Å². The fourth-order valence-electron chi connectivity index (χ4n) is 3.34. The highest BCUT2D eigenvalue weighted by molar-refractivity contribution is 14.0. The molecule has 4 nitrogen and oxygen atoms in total. The summed E-state index contributed by atoms with van der Waals surface area (Å²) in [5.74, 6) is 1.54. The van der Waals surface area contributed by atoms with Gasteiger partial charge in [-0.05, 0) is 38.2 Å². The van der Waals surface area contributed by atoms with E-state index in [1.54, 1.807) is 0 Å². The maximum atomic E-state index is 10.2. The van der Waals surface area contributed by atoms with Crippen molar-refractivity contribution in [3.8, 4) is 0 Å². The molecule has 1 saturated heterocycles. The molecular weight excluding hydrogens is 401 g/mol. The highest BCUT2D eigenvalue weighted by Gasteiger charge is 2.34. The molecule has 2 fully saturated rings. The van der Waals surface area contributed by atoms with Gasteiger partial charge in [0, 0.05) is 25.6 Å². The summed E-state index contributed by atoms with van der Waals surface area (Å²) < 4.78 is 0. The van der Waals surface area contributed by atoms with Gasteiger partial charge in [-0.1, -0.05) is 30.3 Å². The monoisotopic (exact) mass is 429 g/mol. The number of aliphatic hydroxyl groups is 1. The van der Waals surface area contributed by atoms with Crippen molar-refractivity contribution in [1.29, 1.82) is 0 Å². The van der Waals surface area contributed by atoms with Gasteiger partial charge < -0.3 is 15.3 Å². The van der Waals surface area contributed by atoms with Crippen LogP contribution in [0.3, 0.4) is 0 Å². The summed E-state index contributed by atoms with van der Waals surface area (Å²) in [6.45, 7) is 5.53. The fourth-order valence-corrected chi connectivity index (χ4v) is 3.34. The van der Waals surface area contributed by atoms with Crippen molar-refractivity contribution in [3.63, 3.8) is 0 Å². The van der Waals surface area contributed by atoms with Gasteiger partial charge in [0.1, 0.15) is 0 Å². The van der Waals surface area contributed by atoms with E-state index in [1.807, 2.05) is 0 Å². The molecule has 1 unspecified atom stereocenters. The summed E-state index contributed by atoms with van der Waals surface area (Å²) in [6.07, 6.45) is 4.08. The normalized spacial score (nSPS) is 23.1. The van der Waals surface area contributed by atoms with Crippen LogP contribution in [0.4, 0.5) is 0 Å². The quantitative estimate of drug-likeness (QED) is 0.440. The topological polar surface area (TPSA) is 47.9 Å². The standard InChI is InChI=1S/C18H27N3O.HI/c1-2-19-17(20-14-18(22)10-6-11-18)21-12-9-16(13-21)15-7-4-3-5-8-15;/h3-5,7-8,16,22H,2,6,9-14H2,1H3,(H,19,20);1H. The lowest BCUT2D eigenvalue weighted by Gasteiger charge is -2.35. The summed E-state index contributed by atoms with van der Waals surface area (Å²) in [6, 6.07) is 10.7. The highest BCUT2D eigenvalue weighted by Crippen LogP contribution is 2.32. The third kappa shape index (κ3) is 4.59. The zero-order valence-electron chi connectivity index (χ0n) is 13.9. The Bertz CT molecular complexity index is 516. The van der Waals surface area contributed by atoms with Gasteiger partial charge >= 0.3 is 0 Å². The van der Waals surface area contributed by atoms with E-state index in [0.29, 0.717) is 12.5 Å². The van der Waals surface area contributed by atoms with Gasteiger partial charge in [-0.3, -0.25) is 4.99 Å². The Morgan fingerprint density at radius 2 is 2.09 bits per heavy atom. The molecule has 1 aromatic carbocycles. The van der Waals surface area contributed by atoms with Crippen LogP contribution in [0.2, 0.25) is 0 Å². The third-order valence-electron chi connectivity index (χ3n) is 4.90. The van der Waals surface area contributed by atoms with E-state index in [1.165, 1.54) is 12.0 Å². The summed E-state index contributed by atoms with van der Waals surface area (Å²) in [4.78, 5) is 7.04. The van der Waals surface area contributed by atoms with Crippen LogP contribution in [0.25, 0.3) is 0 Å². The van der Waals surface area contributed by atoms with Crippen molar-refractivity contribution in [2.24, 2.45) is 4.99 Å². The second-order valence-electron chi connectivity index (χ2n) is 6.59. The second-order valence-corrected chi connectivity index (χ2v) is 6.59. The lowest BCUT2D eigenvalue weighted by molar-refractivity contribution is -0.0237. The van der Waals surface area contributed by atoms with E-state index in [4.69, 9.17) is 4.99 Å². The zero-order chi connectivity index (χ0) is 15.4. The zero-order valence-corrected chi connectivity index (χ0v) is 16.2. The van der Waals surface area contributed by atoms with Gasteiger partial charge in [0.05, 0.1) is 12.1 Å². The first kappa shape index (κ1) is 18.5. The molecule has 1 aromatic rings. The van der Waals surface area contributed by atoms with E-state index < -0.39 is 5.60 Å². The molecule has 2 aliphatic rings. The molecule has 0 radical (unpaired) electrons. The Kier molecular flexibility index (Phi) is 6.71. The number of aliphatic imine (C=N–C) groups is 1. The Morgan fingerprint density at radius 1 is 1.35 bits per heavy atom. The van der Waals surface area contributed by atoms with Gasteiger partial charge in [0.15, 0.2) is 5.96 Å². The first-order valence-electron chi connectivity index (χ1n) is 8.51. The molecular formula is C18H28IN3O. The third-order valence-corrected chi connectivity index (χ3v) is 4.90. The lowest BCUT2D eigenvalue weighted by atomic mass is 9.80. The molecule has 2 N–H and O–H groups in total. The number of hydrogen-bond donors (Lipinski definition) is 2. The van der Waals surface area contributed by atoms with Crippen molar-refractivity contribution < 1.29 is 5.11 Å². The molecule has 23 heavy (non-hydrogen) atoms. The molecule has 0 amide bonds. The van der Waals surface area contributed by atoms with Crippen LogP contribution in [-0.2, 0) is 0 Å². The number of nitrogens with one attached hydrogen (secondary N) is 1. The van der Waals surface area contributed by atoms with E-state index >= 15 is 0 Å². The molecule has 1 saturated carbocycles. The molecule has 0 bridgehead atoms. The smallest absolute Gasteiger partial charge is 0.194 e. The molecule has 1 aliphatic heterocycles. The van der Waals surface area contributed by atoms with Gasteiger partial charge in [0.25, 0.3) is 0 Å². The number of likely N-dealkylation sites (tertiary alicyclic amines) is 1. The molecule has 5 heteroatoms. The SMILES string of the molecule is CCNC(=NCC1(O)CCC1)N1CCC(c2ccccc2)C1.I. The number of nitrogens with zero attached hydrogens (tertiary/aromatic N) is 2. The maximum Gasteiger partial charge on any atom is 0.194 e. The van der Waals surface area contributed by atoms with E-state index in [9.17, 15) is 5.11 Å². The summed E-state index contributed by atoms with van der Waals surface area (Å²) in [5.41, 5.74) is 0.873. The second kappa shape index (κ2) is 8.33. The predicted molar refractivity (Wildman–Crippen MR) is 106 cm³/mol. The Morgan fingerprint density at radius 3 is 2.70 bits per heavy atom. The Labute approximate surface area is 156 Å². The number of benzene rings is 1. The number of guanidine groups is 1. The molecule has 1 heterocycles. The highest BCUT2D eigenvalue weighted by atomic mass is 127. The minimum Gasteiger partial charge on any atom is -0.388 e. The van der Waals surface area contributed by atoms with Crippen LogP contribution in [-0.4, -0.2) is 47.7 Å². The van der Waals surface area contributed by atoms with Gasteiger partial charge in [-0.25, -0.2) is 0 Å². The van der Waals surface area contributed by atoms with Crippen molar-refractivity contribution in [2.45, 2.75) is 44.1 Å². The Hall–Kier alpha value is -0.820. The largest absolute Gasteiger partial charge is 0.388 e. The number of rotatable bonds is 4. The first-order chi connectivity index (χ1) is 10.7. The summed E-state index contributed by atoms with van der Waals surface area (Å²) >= 11 is 0. The summed E-state index contributed by atoms with van der Waals surface area (Å²) in [7, 11) is 0. The molecule has 0 spiro atoms.